The minimum atomic E-state index is -0.981. The molecule has 5 nitrogen and oxygen atoms in total. The Morgan fingerprint density at radius 3 is 2.57 bits per heavy atom. The molecule has 0 aromatic carbocycles. The zero-order chi connectivity index (χ0) is 15.3. The molecule has 2 N–H and O–H groups in total. The summed E-state index contributed by atoms with van der Waals surface area (Å²) in [6.07, 6.45) is 8.83. The molecular weight excluding hydrogens is 268 g/mol. The fourth-order valence-electron chi connectivity index (χ4n) is 3.90. The number of nitrogens with one attached hydrogen (secondary N) is 1. The van der Waals surface area contributed by atoms with Gasteiger partial charge in [-0.3, -0.25) is 0 Å². The zero-order valence-corrected chi connectivity index (χ0v) is 13.1. The third-order valence-corrected chi connectivity index (χ3v) is 5.06. The molecule has 120 valence electrons. The van der Waals surface area contributed by atoms with Crippen molar-refractivity contribution in [3.63, 3.8) is 0 Å². The molecule has 0 aromatic rings. The number of hydrogen-bond donors (Lipinski definition) is 2. The molecule has 1 atom stereocenters. The summed E-state index contributed by atoms with van der Waals surface area (Å²) in [5.74, 6) is -0.287. The predicted molar refractivity (Wildman–Crippen MR) is 81.2 cm³/mol. The summed E-state index contributed by atoms with van der Waals surface area (Å²) in [5.41, 5.74) is -0.981. The molecule has 2 aliphatic rings. The molecule has 1 unspecified atom stereocenters. The Hall–Kier alpha value is -1.26. The van der Waals surface area contributed by atoms with Gasteiger partial charge < -0.3 is 15.3 Å². The van der Waals surface area contributed by atoms with E-state index in [-0.39, 0.29) is 6.03 Å². The van der Waals surface area contributed by atoms with Gasteiger partial charge in [0, 0.05) is 13.1 Å². The first-order chi connectivity index (χ1) is 10.1. The van der Waals surface area contributed by atoms with Crippen LogP contribution in [-0.2, 0) is 4.79 Å². The van der Waals surface area contributed by atoms with Crippen molar-refractivity contribution in [2.75, 3.05) is 13.1 Å². The SMILES string of the molecule is CCCC1(C(=O)O)CCCN1C(=O)NCC1CCCCC1. The summed E-state index contributed by atoms with van der Waals surface area (Å²) in [6.45, 7) is 3.22. The number of nitrogens with zero attached hydrogens (tertiary/aromatic N) is 1. The largest absolute Gasteiger partial charge is 0.479 e. The van der Waals surface area contributed by atoms with Crippen LogP contribution in [0.3, 0.4) is 0 Å². The van der Waals surface area contributed by atoms with E-state index >= 15 is 0 Å². The average Bonchev–Trinajstić information content (AvgIpc) is 2.91. The van der Waals surface area contributed by atoms with E-state index in [4.69, 9.17) is 0 Å². The van der Waals surface area contributed by atoms with Crippen molar-refractivity contribution in [1.29, 1.82) is 0 Å². The van der Waals surface area contributed by atoms with E-state index in [1.165, 1.54) is 32.1 Å². The second kappa shape index (κ2) is 7.14. The number of carboxylic acids is 1. The van der Waals surface area contributed by atoms with Gasteiger partial charge in [-0.2, -0.15) is 0 Å². The number of amides is 2. The van der Waals surface area contributed by atoms with Gasteiger partial charge in [0.05, 0.1) is 0 Å². The van der Waals surface area contributed by atoms with Crippen molar-refractivity contribution < 1.29 is 14.7 Å². The van der Waals surface area contributed by atoms with Crippen molar-refractivity contribution in [3.8, 4) is 0 Å². The van der Waals surface area contributed by atoms with Crippen molar-refractivity contribution >= 4 is 12.0 Å². The number of urea groups is 1. The molecule has 0 aromatic heterocycles. The lowest BCUT2D eigenvalue weighted by Gasteiger charge is -2.35. The van der Waals surface area contributed by atoms with E-state index in [0.717, 1.165) is 12.8 Å². The third kappa shape index (κ3) is 3.50. The standard InChI is InChI=1S/C16H28N2O3/c1-2-9-16(14(19)20)10-6-11-18(16)15(21)17-12-13-7-4-3-5-8-13/h13H,2-12H2,1H3,(H,17,21)(H,19,20). The second-order valence-corrected chi connectivity index (χ2v) is 6.53. The fourth-order valence-corrected chi connectivity index (χ4v) is 3.90. The maximum atomic E-state index is 12.4. The van der Waals surface area contributed by atoms with Gasteiger partial charge in [-0.05, 0) is 38.0 Å². The van der Waals surface area contributed by atoms with Crippen LogP contribution in [-0.4, -0.2) is 40.6 Å². The first-order valence-electron chi connectivity index (χ1n) is 8.39. The monoisotopic (exact) mass is 296 g/mol. The number of rotatable bonds is 5. The highest BCUT2D eigenvalue weighted by molar-refractivity contribution is 5.87. The number of carbonyl (C=O) groups excluding carboxylic acids is 1. The molecular formula is C16H28N2O3. The molecule has 2 fully saturated rings. The minimum Gasteiger partial charge on any atom is -0.479 e. The summed E-state index contributed by atoms with van der Waals surface area (Å²) in [6, 6.07) is -0.186. The molecule has 0 radical (unpaired) electrons. The summed E-state index contributed by atoms with van der Waals surface area (Å²) < 4.78 is 0. The molecule has 1 saturated carbocycles. The van der Waals surface area contributed by atoms with Crippen LogP contribution in [0.4, 0.5) is 4.79 Å². The lowest BCUT2D eigenvalue weighted by atomic mass is 9.89. The van der Waals surface area contributed by atoms with Gasteiger partial charge >= 0.3 is 12.0 Å². The van der Waals surface area contributed by atoms with E-state index in [0.29, 0.717) is 31.8 Å². The van der Waals surface area contributed by atoms with E-state index in [9.17, 15) is 14.7 Å². The number of carboxylic acid groups (broad SMARTS) is 1. The molecule has 0 spiro atoms. The topological polar surface area (TPSA) is 69.6 Å². The van der Waals surface area contributed by atoms with Gasteiger partial charge in [0.1, 0.15) is 5.54 Å². The Balaban J connectivity index is 1.94. The van der Waals surface area contributed by atoms with E-state index in [2.05, 4.69) is 5.32 Å². The highest BCUT2D eigenvalue weighted by Gasteiger charge is 2.49. The van der Waals surface area contributed by atoms with Crippen LogP contribution in [0.5, 0.6) is 0 Å². The van der Waals surface area contributed by atoms with Crippen LogP contribution in [0.25, 0.3) is 0 Å². The van der Waals surface area contributed by atoms with E-state index in [1.54, 1.807) is 4.90 Å². The van der Waals surface area contributed by atoms with Crippen LogP contribution in [0, 0.1) is 5.92 Å². The lowest BCUT2D eigenvalue weighted by Crippen LogP contribution is -2.56. The maximum absolute atomic E-state index is 12.4. The lowest BCUT2D eigenvalue weighted by molar-refractivity contribution is -0.148. The second-order valence-electron chi connectivity index (χ2n) is 6.53. The molecule has 5 heteroatoms. The fraction of sp³-hybridized carbons (Fsp3) is 0.875. The van der Waals surface area contributed by atoms with Gasteiger partial charge in [0.25, 0.3) is 0 Å². The van der Waals surface area contributed by atoms with Crippen molar-refractivity contribution in [2.45, 2.75) is 70.3 Å². The maximum Gasteiger partial charge on any atom is 0.329 e. The Labute approximate surface area is 127 Å². The van der Waals surface area contributed by atoms with Gasteiger partial charge in [-0.15, -0.1) is 0 Å². The van der Waals surface area contributed by atoms with Gasteiger partial charge in [0.15, 0.2) is 0 Å². The van der Waals surface area contributed by atoms with E-state index < -0.39 is 11.5 Å². The van der Waals surface area contributed by atoms with Crippen LogP contribution in [0.15, 0.2) is 0 Å². The van der Waals surface area contributed by atoms with Gasteiger partial charge in [0.2, 0.25) is 0 Å². The number of aliphatic carboxylic acids is 1. The van der Waals surface area contributed by atoms with Crippen LogP contribution >= 0.6 is 0 Å². The van der Waals surface area contributed by atoms with Crippen LogP contribution in [0.2, 0.25) is 0 Å². The first-order valence-corrected chi connectivity index (χ1v) is 8.39. The highest BCUT2D eigenvalue weighted by atomic mass is 16.4. The van der Waals surface area contributed by atoms with Crippen molar-refractivity contribution in [1.82, 2.24) is 10.2 Å². The van der Waals surface area contributed by atoms with Crippen molar-refractivity contribution in [2.24, 2.45) is 5.92 Å². The van der Waals surface area contributed by atoms with Gasteiger partial charge in [-0.1, -0.05) is 32.6 Å². The first kappa shape index (κ1) is 16.1. The molecule has 1 heterocycles. The quantitative estimate of drug-likeness (QED) is 0.819. The zero-order valence-electron chi connectivity index (χ0n) is 13.1. The predicted octanol–water partition coefficient (Wildman–Crippen LogP) is 3.00. The number of hydrogen-bond acceptors (Lipinski definition) is 2. The Bertz CT molecular complexity index is 380. The number of carbonyl (C=O) groups is 2. The average molecular weight is 296 g/mol. The Morgan fingerprint density at radius 2 is 1.95 bits per heavy atom. The third-order valence-electron chi connectivity index (χ3n) is 5.06. The summed E-state index contributed by atoms with van der Waals surface area (Å²) in [5, 5.41) is 12.6. The summed E-state index contributed by atoms with van der Waals surface area (Å²) in [7, 11) is 0. The summed E-state index contributed by atoms with van der Waals surface area (Å²) in [4.78, 5) is 25.7. The molecule has 2 rings (SSSR count). The minimum absolute atomic E-state index is 0.186. The highest BCUT2D eigenvalue weighted by Crippen LogP contribution is 2.34. The Kier molecular flexibility index (Phi) is 5.48. The van der Waals surface area contributed by atoms with Crippen LogP contribution in [0.1, 0.15) is 64.7 Å². The molecule has 0 bridgehead atoms. The molecule has 2 amide bonds. The van der Waals surface area contributed by atoms with Crippen LogP contribution < -0.4 is 5.32 Å². The van der Waals surface area contributed by atoms with Gasteiger partial charge in [-0.25, -0.2) is 9.59 Å². The number of likely N-dealkylation sites (tertiary alicyclic amines) is 1. The molecule has 21 heavy (non-hydrogen) atoms. The smallest absolute Gasteiger partial charge is 0.329 e. The van der Waals surface area contributed by atoms with Crippen molar-refractivity contribution in [3.05, 3.63) is 0 Å². The normalized spacial score (nSPS) is 26.8. The molecule has 1 aliphatic carbocycles. The molecule has 1 aliphatic heterocycles. The Morgan fingerprint density at radius 1 is 1.24 bits per heavy atom. The van der Waals surface area contributed by atoms with E-state index in [1.807, 2.05) is 6.92 Å². The molecule has 1 saturated heterocycles. The summed E-state index contributed by atoms with van der Waals surface area (Å²) >= 11 is 0.